The van der Waals surface area contributed by atoms with Crippen molar-refractivity contribution >= 4 is 0 Å². The number of methoxy groups -OCH3 is 1. The smallest absolute Gasteiger partial charge is 0.226 e. The Kier molecular flexibility index (Phi) is 5.35. The fourth-order valence-electron chi connectivity index (χ4n) is 4.11. The van der Waals surface area contributed by atoms with Crippen LogP contribution in [0.1, 0.15) is 54.5 Å². The highest BCUT2D eigenvalue weighted by Crippen LogP contribution is 2.42. The van der Waals surface area contributed by atoms with Gasteiger partial charge in [0.25, 0.3) is 0 Å². The maximum atomic E-state index is 11.0. The number of aliphatic hydroxyl groups excluding tert-OH is 1. The first-order valence-corrected chi connectivity index (χ1v) is 10.5. The number of ether oxygens (including phenoxy) is 5. The first-order valence-electron chi connectivity index (χ1n) is 10.5. The van der Waals surface area contributed by atoms with Gasteiger partial charge >= 0.3 is 0 Å². The Labute approximate surface area is 185 Å². The van der Waals surface area contributed by atoms with Gasteiger partial charge in [-0.3, -0.25) is 0 Å². The summed E-state index contributed by atoms with van der Waals surface area (Å²) in [6.07, 6.45) is 0.259. The van der Waals surface area contributed by atoms with Crippen LogP contribution in [0.2, 0.25) is 0 Å². The third-order valence-electron chi connectivity index (χ3n) is 5.95. The lowest BCUT2D eigenvalue weighted by Gasteiger charge is -2.21. The van der Waals surface area contributed by atoms with Gasteiger partial charge in [-0.05, 0) is 49.7 Å². The number of aliphatic hydroxyl groups is 1. The molecule has 0 bridgehead atoms. The summed E-state index contributed by atoms with van der Waals surface area (Å²) in [5.74, 6) is 0.113. The Morgan fingerprint density at radius 3 is 2.53 bits per heavy atom. The van der Waals surface area contributed by atoms with Crippen molar-refractivity contribution in [3.8, 4) is 5.75 Å². The van der Waals surface area contributed by atoms with E-state index in [4.69, 9.17) is 32.5 Å². The summed E-state index contributed by atoms with van der Waals surface area (Å²) in [5, 5.41) is 11.0. The average Bonchev–Trinajstić information content (AvgIpc) is 3.60. The van der Waals surface area contributed by atoms with Crippen LogP contribution in [-0.4, -0.2) is 32.0 Å². The van der Waals surface area contributed by atoms with Gasteiger partial charge in [-0.1, -0.05) is 12.1 Å². The van der Waals surface area contributed by atoms with Gasteiger partial charge in [0.15, 0.2) is 11.5 Å². The summed E-state index contributed by atoms with van der Waals surface area (Å²) < 4.78 is 40.2. The predicted molar refractivity (Wildman–Crippen MR) is 111 cm³/mol. The Morgan fingerprint density at radius 1 is 1.00 bits per heavy atom. The van der Waals surface area contributed by atoms with E-state index in [0.29, 0.717) is 48.4 Å². The fraction of sp³-hybridized carbons (Fsp3) is 0.417. The molecule has 170 valence electrons. The van der Waals surface area contributed by atoms with E-state index in [-0.39, 0.29) is 6.10 Å². The zero-order valence-electron chi connectivity index (χ0n) is 18.2. The fourth-order valence-corrected chi connectivity index (χ4v) is 4.11. The van der Waals surface area contributed by atoms with Crippen molar-refractivity contribution in [3.05, 3.63) is 77.1 Å². The van der Waals surface area contributed by atoms with Crippen molar-refractivity contribution in [2.45, 2.75) is 37.6 Å². The summed E-state index contributed by atoms with van der Waals surface area (Å²) in [5.41, 5.74) is 1.44. The quantitative estimate of drug-likeness (QED) is 0.609. The van der Waals surface area contributed by atoms with Crippen LogP contribution < -0.4 is 4.74 Å². The van der Waals surface area contributed by atoms with Crippen molar-refractivity contribution < 1.29 is 37.6 Å². The van der Waals surface area contributed by atoms with Crippen LogP contribution in [0.3, 0.4) is 0 Å². The largest absolute Gasteiger partial charge is 0.496 e. The molecule has 5 rings (SSSR count). The second kappa shape index (κ2) is 8.06. The number of rotatable bonds is 6. The molecule has 2 aliphatic rings. The summed E-state index contributed by atoms with van der Waals surface area (Å²) in [7, 11) is 1.56. The van der Waals surface area contributed by atoms with Crippen molar-refractivity contribution in [3.63, 3.8) is 0 Å². The molecule has 3 unspecified atom stereocenters. The molecule has 3 atom stereocenters. The van der Waals surface area contributed by atoms with Gasteiger partial charge in [0, 0.05) is 5.56 Å². The van der Waals surface area contributed by atoms with E-state index in [1.54, 1.807) is 44.6 Å². The molecule has 8 heteroatoms. The molecule has 0 amide bonds. The molecule has 8 nitrogen and oxygen atoms in total. The third-order valence-corrected chi connectivity index (χ3v) is 5.95. The van der Waals surface area contributed by atoms with Gasteiger partial charge in [-0.15, -0.1) is 0 Å². The Hall–Kier alpha value is -2.62. The molecule has 1 aromatic carbocycles. The standard InChI is InChI=1S/C24H26O8/c1-23(28-11-12-29-23)21-9-8-17(31-21)22(25)16-7-6-15(13-18(16)26-3)19-14-30-24(2,32-19)20-5-4-10-27-20/h4-10,13,19,22,25H,11-12,14H2,1-3H3. The number of benzene rings is 1. The lowest BCUT2D eigenvalue weighted by Crippen LogP contribution is -2.21. The number of furan rings is 2. The molecule has 0 saturated carbocycles. The van der Waals surface area contributed by atoms with E-state index >= 15 is 0 Å². The van der Waals surface area contributed by atoms with E-state index in [2.05, 4.69) is 0 Å². The minimum atomic E-state index is -1.02. The molecule has 1 N–H and O–H groups in total. The first kappa shape index (κ1) is 21.2. The van der Waals surface area contributed by atoms with Crippen LogP contribution in [0.5, 0.6) is 5.75 Å². The molecule has 2 fully saturated rings. The summed E-state index contributed by atoms with van der Waals surface area (Å²) in [6.45, 7) is 4.98. The molecule has 3 aromatic rings. The van der Waals surface area contributed by atoms with E-state index in [1.807, 2.05) is 25.1 Å². The van der Waals surface area contributed by atoms with Gasteiger partial charge in [-0.25, -0.2) is 0 Å². The van der Waals surface area contributed by atoms with E-state index in [1.165, 1.54) is 0 Å². The van der Waals surface area contributed by atoms with Gasteiger partial charge in [0.1, 0.15) is 23.7 Å². The van der Waals surface area contributed by atoms with Crippen LogP contribution in [0.25, 0.3) is 0 Å². The van der Waals surface area contributed by atoms with Crippen LogP contribution in [0.15, 0.2) is 57.6 Å². The summed E-state index contributed by atoms with van der Waals surface area (Å²) in [6, 6.07) is 12.6. The van der Waals surface area contributed by atoms with Gasteiger partial charge < -0.3 is 37.6 Å². The van der Waals surface area contributed by atoms with Crippen LogP contribution in [-0.2, 0) is 30.5 Å². The van der Waals surface area contributed by atoms with Crippen molar-refractivity contribution in [1.29, 1.82) is 0 Å². The highest BCUT2D eigenvalue weighted by Gasteiger charge is 2.42. The summed E-state index contributed by atoms with van der Waals surface area (Å²) in [4.78, 5) is 0. The zero-order valence-corrected chi connectivity index (χ0v) is 18.2. The second-order valence-electron chi connectivity index (χ2n) is 8.09. The first-order chi connectivity index (χ1) is 15.4. The SMILES string of the molecule is COc1cc(C2COC(C)(c3ccco3)O2)ccc1C(O)c1ccc(C2(C)OCCO2)o1. The van der Waals surface area contributed by atoms with E-state index < -0.39 is 17.7 Å². The lowest BCUT2D eigenvalue weighted by molar-refractivity contribution is -0.175. The zero-order chi connectivity index (χ0) is 22.3. The Bertz CT molecular complexity index is 1070. The normalized spacial score (nSPS) is 25.8. The lowest BCUT2D eigenvalue weighted by atomic mass is 10.0. The summed E-state index contributed by atoms with van der Waals surface area (Å²) >= 11 is 0. The van der Waals surface area contributed by atoms with E-state index in [9.17, 15) is 5.11 Å². The van der Waals surface area contributed by atoms with Crippen LogP contribution in [0.4, 0.5) is 0 Å². The molecule has 0 radical (unpaired) electrons. The van der Waals surface area contributed by atoms with Gasteiger partial charge in [-0.2, -0.15) is 0 Å². The Morgan fingerprint density at radius 2 is 1.81 bits per heavy atom. The van der Waals surface area contributed by atoms with Crippen molar-refractivity contribution in [2.24, 2.45) is 0 Å². The third kappa shape index (κ3) is 3.64. The van der Waals surface area contributed by atoms with Crippen molar-refractivity contribution in [1.82, 2.24) is 0 Å². The molecule has 4 heterocycles. The monoisotopic (exact) mass is 442 g/mol. The van der Waals surface area contributed by atoms with Crippen molar-refractivity contribution in [2.75, 3.05) is 26.9 Å². The highest BCUT2D eigenvalue weighted by atomic mass is 16.8. The Balaban J connectivity index is 1.37. The molecular weight excluding hydrogens is 416 g/mol. The molecular formula is C24H26O8. The number of hydrogen-bond acceptors (Lipinski definition) is 8. The molecule has 0 spiro atoms. The molecule has 32 heavy (non-hydrogen) atoms. The highest BCUT2D eigenvalue weighted by molar-refractivity contribution is 5.42. The van der Waals surface area contributed by atoms with E-state index in [0.717, 1.165) is 5.56 Å². The number of hydrogen-bond donors (Lipinski definition) is 1. The van der Waals surface area contributed by atoms with Gasteiger partial charge in [0.2, 0.25) is 11.6 Å². The maximum Gasteiger partial charge on any atom is 0.226 e. The molecule has 2 saturated heterocycles. The molecule has 2 aliphatic heterocycles. The molecule has 0 aliphatic carbocycles. The van der Waals surface area contributed by atoms with Gasteiger partial charge in [0.05, 0.1) is 33.2 Å². The molecule has 2 aromatic heterocycles. The predicted octanol–water partition coefficient (Wildman–Crippen LogP) is 4.14. The van der Waals surface area contributed by atoms with Crippen LogP contribution in [0, 0.1) is 0 Å². The topological polar surface area (TPSA) is 92.7 Å². The average molecular weight is 442 g/mol. The maximum absolute atomic E-state index is 11.0. The minimum absolute atomic E-state index is 0.308. The van der Waals surface area contributed by atoms with Crippen LogP contribution >= 0.6 is 0 Å². The minimum Gasteiger partial charge on any atom is -0.496 e. The second-order valence-corrected chi connectivity index (χ2v) is 8.09.